The zero-order valence-corrected chi connectivity index (χ0v) is 7.54. The lowest BCUT2D eigenvalue weighted by molar-refractivity contribution is -0.176. The molecule has 1 saturated heterocycles. The molecular weight excluding hydrogens is 156 g/mol. The monoisotopic (exact) mass is 172 g/mol. The first-order valence-electron chi connectivity index (χ1n) is 4.27. The fraction of sp³-hybridized carbons (Fsp3) is 0.778. The molecule has 0 aromatic carbocycles. The summed E-state index contributed by atoms with van der Waals surface area (Å²) in [6.45, 7) is 8.07. The van der Waals surface area contributed by atoms with Gasteiger partial charge in [-0.05, 0) is 6.42 Å². The predicted octanol–water partition coefficient (Wildman–Crippen LogP) is 1.34. The normalized spacial score (nSPS) is 29.8. The number of rotatable bonds is 4. The van der Waals surface area contributed by atoms with Crippen LogP contribution in [0, 0.1) is 0 Å². The Morgan fingerprint density at radius 3 is 2.92 bits per heavy atom. The molecule has 0 spiro atoms. The highest BCUT2D eigenvalue weighted by atomic mass is 16.6. The maximum absolute atomic E-state index is 5.62. The molecule has 12 heavy (non-hydrogen) atoms. The van der Waals surface area contributed by atoms with Crippen LogP contribution < -0.4 is 0 Å². The smallest absolute Gasteiger partial charge is 0.125 e. The summed E-state index contributed by atoms with van der Waals surface area (Å²) in [6.07, 6.45) is 2.34. The summed E-state index contributed by atoms with van der Waals surface area (Å²) < 4.78 is 16.1. The molecule has 0 N–H and O–H groups in total. The summed E-state index contributed by atoms with van der Waals surface area (Å²) in [4.78, 5) is 0. The summed E-state index contributed by atoms with van der Waals surface area (Å²) >= 11 is 0. The Morgan fingerprint density at radius 1 is 1.58 bits per heavy atom. The molecule has 1 rings (SSSR count). The maximum Gasteiger partial charge on any atom is 0.125 e. The first kappa shape index (κ1) is 9.55. The van der Waals surface area contributed by atoms with Crippen molar-refractivity contribution in [2.24, 2.45) is 0 Å². The van der Waals surface area contributed by atoms with Crippen LogP contribution >= 0.6 is 0 Å². The molecule has 3 heteroatoms. The van der Waals surface area contributed by atoms with Crippen molar-refractivity contribution in [3.63, 3.8) is 0 Å². The van der Waals surface area contributed by atoms with Crippen molar-refractivity contribution >= 4 is 0 Å². The van der Waals surface area contributed by atoms with Crippen LogP contribution in [0.2, 0.25) is 0 Å². The standard InChI is InChI=1S/C9H16O3/c1-3-9(7-10-4-2)8-11-5-6-12-9/h4H,2-3,5-8H2,1H3. The lowest BCUT2D eigenvalue weighted by Gasteiger charge is -2.35. The van der Waals surface area contributed by atoms with Gasteiger partial charge in [-0.2, -0.15) is 0 Å². The molecule has 1 heterocycles. The van der Waals surface area contributed by atoms with E-state index in [1.807, 2.05) is 0 Å². The topological polar surface area (TPSA) is 27.7 Å². The third-order valence-electron chi connectivity index (χ3n) is 2.11. The zero-order chi connectivity index (χ0) is 8.86. The van der Waals surface area contributed by atoms with Gasteiger partial charge in [-0.15, -0.1) is 0 Å². The van der Waals surface area contributed by atoms with Gasteiger partial charge >= 0.3 is 0 Å². The molecule has 0 bridgehead atoms. The third kappa shape index (κ3) is 2.22. The fourth-order valence-electron chi connectivity index (χ4n) is 1.22. The van der Waals surface area contributed by atoms with Gasteiger partial charge in [0.1, 0.15) is 12.2 Å². The van der Waals surface area contributed by atoms with Crippen LogP contribution in [0.4, 0.5) is 0 Å². The quantitative estimate of drug-likeness (QED) is 0.599. The molecule has 0 saturated carbocycles. The lowest BCUT2D eigenvalue weighted by Crippen LogP contribution is -2.46. The van der Waals surface area contributed by atoms with E-state index in [0.717, 1.165) is 6.42 Å². The van der Waals surface area contributed by atoms with E-state index in [2.05, 4.69) is 13.5 Å². The molecule has 0 aromatic rings. The van der Waals surface area contributed by atoms with E-state index in [-0.39, 0.29) is 5.60 Å². The highest BCUT2D eigenvalue weighted by Crippen LogP contribution is 2.20. The Bertz CT molecular complexity index is 139. The van der Waals surface area contributed by atoms with Crippen LogP contribution in [0.3, 0.4) is 0 Å². The molecule has 1 aliphatic rings. The summed E-state index contributed by atoms with van der Waals surface area (Å²) in [6, 6.07) is 0. The molecule has 0 aliphatic carbocycles. The van der Waals surface area contributed by atoms with Gasteiger partial charge in [0, 0.05) is 0 Å². The minimum absolute atomic E-state index is 0.244. The Hall–Kier alpha value is -0.540. The fourth-order valence-corrected chi connectivity index (χ4v) is 1.22. The SMILES string of the molecule is C=COCC1(CC)COCCO1. The average molecular weight is 172 g/mol. The molecule has 1 atom stereocenters. The molecule has 0 amide bonds. The van der Waals surface area contributed by atoms with Gasteiger partial charge in [0.05, 0.1) is 26.1 Å². The second kappa shape index (κ2) is 4.48. The third-order valence-corrected chi connectivity index (χ3v) is 2.11. The van der Waals surface area contributed by atoms with Crippen molar-refractivity contribution < 1.29 is 14.2 Å². The highest BCUT2D eigenvalue weighted by molar-refractivity contribution is 4.81. The van der Waals surface area contributed by atoms with Crippen molar-refractivity contribution in [1.82, 2.24) is 0 Å². The van der Waals surface area contributed by atoms with Gasteiger partial charge in [0.2, 0.25) is 0 Å². The van der Waals surface area contributed by atoms with Crippen molar-refractivity contribution in [1.29, 1.82) is 0 Å². The Morgan fingerprint density at radius 2 is 2.42 bits per heavy atom. The lowest BCUT2D eigenvalue weighted by atomic mass is 10.0. The van der Waals surface area contributed by atoms with Gasteiger partial charge < -0.3 is 14.2 Å². The van der Waals surface area contributed by atoms with E-state index in [4.69, 9.17) is 14.2 Å². The van der Waals surface area contributed by atoms with Crippen LogP contribution in [0.15, 0.2) is 12.8 Å². The van der Waals surface area contributed by atoms with Gasteiger partial charge in [-0.3, -0.25) is 0 Å². The van der Waals surface area contributed by atoms with Crippen LogP contribution in [-0.4, -0.2) is 32.0 Å². The van der Waals surface area contributed by atoms with Crippen LogP contribution in [0.25, 0.3) is 0 Å². The summed E-state index contributed by atoms with van der Waals surface area (Å²) in [5.41, 5.74) is -0.244. The second-order valence-electron chi connectivity index (χ2n) is 2.92. The average Bonchev–Trinajstić information content (AvgIpc) is 2.16. The second-order valence-corrected chi connectivity index (χ2v) is 2.92. The molecule has 1 unspecified atom stereocenters. The minimum atomic E-state index is -0.244. The van der Waals surface area contributed by atoms with E-state index < -0.39 is 0 Å². The van der Waals surface area contributed by atoms with Gasteiger partial charge in [0.15, 0.2) is 0 Å². The Kier molecular flexibility index (Phi) is 3.56. The van der Waals surface area contributed by atoms with Crippen LogP contribution in [-0.2, 0) is 14.2 Å². The molecule has 3 nitrogen and oxygen atoms in total. The Labute approximate surface area is 73.3 Å². The van der Waals surface area contributed by atoms with Crippen molar-refractivity contribution in [3.05, 3.63) is 12.8 Å². The van der Waals surface area contributed by atoms with Crippen LogP contribution in [0.5, 0.6) is 0 Å². The van der Waals surface area contributed by atoms with Gasteiger partial charge in [0.25, 0.3) is 0 Å². The Balaban J connectivity index is 2.41. The molecule has 1 aliphatic heterocycles. The van der Waals surface area contributed by atoms with Crippen molar-refractivity contribution in [2.45, 2.75) is 18.9 Å². The predicted molar refractivity (Wildman–Crippen MR) is 45.9 cm³/mol. The number of hydrogen-bond donors (Lipinski definition) is 0. The maximum atomic E-state index is 5.62. The van der Waals surface area contributed by atoms with Crippen molar-refractivity contribution in [2.75, 3.05) is 26.4 Å². The van der Waals surface area contributed by atoms with Crippen molar-refractivity contribution in [3.8, 4) is 0 Å². The molecular formula is C9H16O3. The van der Waals surface area contributed by atoms with E-state index >= 15 is 0 Å². The first-order chi connectivity index (χ1) is 5.83. The van der Waals surface area contributed by atoms with Crippen LogP contribution in [0.1, 0.15) is 13.3 Å². The molecule has 0 aromatic heterocycles. The number of hydrogen-bond acceptors (Lipinski definition) is 3. The van der Waals surface area contributed by atoms with Gasteiger partial charge in [-0.25, -0.2) is 0 Å². The summed E-state index contributed by atoms with van der Waals surface area (Å²) in [7, 11) is 0. The largest absolute Gasteiger partial charge is 0.499 e. The molecule has 1 fully saturated rings. The van der Waals surface area contributed by atoms with E-state index in [1.54, 1.807) is 0 Å². The molecule has 0 radical (unpaired) electrons. The van der Waals surface area contributed by atoms with Gasteiger partial charge in [-0.1, -0.05) is 13.5 Å². The first-order valence-corrected chi connectivity index (χ1v) is 4.27. The van der Waals surface area contributed by atoms with E-state index in [1.165, 1.54) is 6.26 Å². The number of ether oxygens (including phenoxy) is 3. The van der Waals surface area contributed by atoms with E-state index in [0.29, 0.717) is 26.4 Å². The summed E-state index contributed by atoms with van der Waals surface area (Å²) in [5, 5.41) is 0. The van der Waals surface area contributed by atoms with E-state index in [9.17, 15) is 0 Å². The molecule has 70 valence electrons. The minimum Gasteiger partial charge on any atom is -0.499 e. The zero-order valence-electron chi connectivity index (χ0n) is 7.54. The summed E-state index contributed by atoms with van der Waals surface area (Å²) in [5.74, 6) is 0. The highest BCUT2D eigenvalue weighted by Gasteiger charge is 2.32.